The Bertz CT molecular complexity index is 298. The third kappa shape index (κ3) is 8.31. The van der Waals surface area contributed by atoms with E-state index >= 15 is 0 Å². The van der Waals surface area contributed by atoms with E-state index in [4.69, 9.17) is 23.2 Å². The van der Waals surface area contributed by atoms with Crippen LogP contribution in [0.1, 0.15) is 26.2 Å². The van der Waals surface area contributed by atoms with Crippen molar-refractivity contribution in [1.29, 1.82) is 0 Å². The molecule has 0 fully saturated rings. The zero-order valence-corrected chi connectivity index (χ0v) is 11.8. The number of rotatable bonds is 9. The van der Waals surface area contributed by atoms with Crippen molar-refractivity contribution < 1.29 is 14.4 Å². The Hall–Kier alpha value is -0.810. The zero-order valence-electron chi connectivity index (χ0n) is 10.3. The van der Waals surface area contributed by atoms with Gasteiger partial charge in [-0.25, -0.2) is 0 Å². The summed E-state index contributed by atoms with van der Waals surface area (Å²) in [5, 5.41) is 5.17. The van der Waals surface area contributed by atoms with Crippen LogP contribution in [-0.2, 0) is 14.4 Å². The molecule has 0 aromatic carbocycles. The number of unbranched alkanes of at least 4 members (excludes halogenated alkanes) is 1. The number of carbonyl (C=O) groups is 3. The first kappa shape index (κ1) is 17.2. The molecular weight excluding hydrogens is 279 g/mol. The van der Waals surface area contributed by atoms with Crippen LogP contribution in [0.5, 0.6) is 0 Å². The molecule has 2 amide bonds. The zero-order chi connectivity index (χ0) is 14.0. The van der Waals surface area contributed by atoms with E-state index < -0.39 is 6.04 Å². The van der Waals surface area contributed by atoms with Gasteiger partial charge in [-0.05, 0) is 26.2 Å². The maximum Gasteiger partial charge on any atom is 0.235 e. The first-order chi connectivity index (χ1) is 8.51. The number of halogens is 2. The van der Waals surface area contributed by atoms with E-state index in [1.165, 1.54) is 6.92 Å². The second-order valence-corrected chi connectivity index (χ2v) is 4.38. The van der Waals surface area contributed by atoms with E-state index in [1.807, 2.05) is 0 Å². The van der Waals surface area contributed by atoms with Gasteiger partial charge in [0.15, 0.2) is 5.78 Å². The Morgan fingerprint density at radius 1 is 1.06 bits per heavy atom. The topological polar surface area (TPSA) is 75.3 Å². The fourth-order valence-electron chi connectivity index (χ4n) is 1.36. The van der Waals surface area contributed by atoms with Gasteiger partial charge in [-0.1, -0.05) is 0 Å². The number of carbonyl (C=O) groups excluding carboxylic acids is 3. The normalized spacial score (nSPS) is 11.7. The van der Waals surface area contributed by atoms with Gasteiger partial charge < -0.3 is 10.6 Å². The van der Waals surface area contributed by atoms with Crippen molar-refractivity contribution in [3.8, 4) is 0 Å². The fourth-order valence-corrected chi connectivity index (χ4v) is 1.53. The lowest BCUT2D eigenvalue weighted by atomic mass is 10.1. The number of ketones is 1. The van der Waals surface area contributed by atoms with E-state index in [2.05, 4.69) is 10.6 Å². The molecule has 0 aliphatic heterocycles. The number of hydrogen-bond donors (Lipinski definition) is 2. The van der Waals surface area contributed by atoms with Gasteiger partial charge in [0.2, 0.25) is 11.8 Å². The van der Waals surface area contributed by atoms with Crippen LogP contribution in [0.25, 0.3) is 0 Å². The molecule has 104 valence electrons. The molecule has 0 bridgehead atoms. The summed E-state index contributed by atoms with van der Waals surface area (Å²) in [7, 11) is 0. The van der Waals surface area contributed by atoms with Crippen LogP contribution in [0, 0.1) is 0 Å². The smallest absolute Gasteiger partial charge is 0.235 e. The molecule has 0 aromatic rings. The molecule has 2 N–H and O–H groups in total. The molecule has 0 aromatic heterocycles. The third-order valence-electron chi connectivity index (χ3n) is 2.31. The molecule has 0 saturated carbocycles. The van der Waals surface area contributed by atoms with E-state index in [1.54, 1.807) is 0 Å². The lowest BCUT2D eigenvalue weighted by molar-refractivity contribution is -0.125. The molecule has 0 unspecified atom stereocenters. The summed E-state index contributed by atoms with van der Waals surface area (Å²) in [6, 6.07) is -0.500. The third-order valence-corrected chi connectivity index (χ3v) is 2.80. The highest BCUT2D eigenvalue weighted by atomic mass is 35.5. The van der Waals surface area contributed by atoms with Crippen LogP contribution in [0.2, 0.25) is 0 Å². The first-order valence-electron chi connectivity index (χ1n) is 5.69. The summed E-state index contributed by atoms with van der Waals surface area (Å²) in [6.45, 7) is 1.94. The lowest BCUT2D eigenvalue weighted by Crippen LogP contribution is -2.40. The first-order valence-corrected chi connectivity index (χ1v) is 6.76. The largest absolute Gasteiger partial charge is 0.355 e. The predicted molar refractivity (Wildman–Crippen MR) is 70.9 cm³/mol. The number of hydrogen-bond acceptors (Lipinski definition) is 3. The molecule has 0 radical (unpaired) electrons. The standard InChI is InChI=1S/C11H18Cl2N2O3/c1-8(16)9(15-11(18)7-13)4-2-3-5-14-10(17)6-12/h9H,2-7H2,1H3,(H,14,17)(H,15,18)/t9-/m0/s1. The Morgan fingerprint density at radius 2 is 1.67 bits per heavy atom. The summed E-state index contributed by atoms with van der Waals surface area (Å²) in [5.74, 6) is -0.877. The average molecular weight is 297 g/mol. The molecule has 0 spiro atoms. The summed E-state index contributed by atoms with van der Waals surface area (Å²) in [4.78, 5) is 33.2. The summed E-state index contributed by atoms with van der Waals surface area (Å²) in [6.07, 6.45) is 1.98. The Labute approximate surface area is 117 Å². The van der Waals surface area contributed by atoms with Crippen LogP contribution in [0.4, 0.5) is 0 Å². The van der Waals surface area contributed by atoms with E-state index in [0.29, 0.717) is 13.0 Å². The van der Waals surface area contributed by atoms with Crippen molar-refractivity contribution in [2.45, 2.75) is 32.2 Å². The Morgan fingerprint density at radius 3 is 2.17 bits per heavy atom. The highest BCUT2D eigenvalue weighted by Gasteiger charge is 2.15. The highest BCUT2D eigenvalue weighted by molar-refractivity contribution is 6.27. The van der Waals surface area contributed by atoms with E-state index in [-0.39, 0.29) is 29.4 Å². The van der Waals surface area contributed by atoms with Gasteiger partial charge in [-0.15, -0.1) is 23.2 Å². The van der Waals surface area contributed by atoms with Gasteiger partial charge in [0.05, 0.1) is 6.04 Å². The van der Waals surface area contributed by atoms with Gasteiger partial charge in [0.25, 0.3) is 0 Å². The van der Waals surface area contributed by atoms with Crippen molar-refractivity contribution in [2.24, 2.45) is 0 Å². The van der Waals surface area contributed by atoms with E-state index in [0.717, 1.165) is 12.8 Å². The van der Waals surface area contributed by atoms with Gasteiger partial charge in [-0.3, -0.25) is 14.4 Å². The monoisotopic (exact) mass is 296 g/mol. The summed E-state index contributed by atoms with van der Waals surface area (Å²) >= 11 is 10.7. The Kier molecular flexibility index (Phi) is 9.69. The van der Waals surface area contributed by atoms with Gasteiger partial charge in [0, 0.05) is 6.54 Å². The van der Waals surface area contributed by atoms with Crippen molar-refractivity contribution >= 4 is 40.8 Å². The fraction of sp³-hybridized carbons (Fsp3) is 0.727. The van der Waals surface area contributed by atoms with Crippen LogP contribution < -0.4 is 10.6 Å². The molecular formula is C11H18Cl2N2O3. The van der Waals surface area contributed by atoms with Crippen molar-refractivity contribution in [3.63, 3.8) is 0 Å². The van der Waals surface area contributed by atoms with Gasteiger partial charge in [-0.2, -0.15) is 0 Å². The number of nitrogens with one attached hydrogen (secondary N) is 2. The SMILES string of the molecule is CC(=O)[C@H](CCCCNC(=O)CCl)NC(=O)CCl. The quantitative estimate of drug-likeness (QED) is 0.489. The Balaban J connectivity index is 3.81. The second kappa shape index (κ2) is 10.1. The predicted octanol–water partition coefficient (Wildman–Crippen LogP) is 0.824. The lowest BCUT2D eigenvalue weighted by Gasteiger charge is -2.14. The van der Waals surface area contributed by atoms with Crippen molar-refractivity contribution in [1.82, 2.24) is 10.6 Å². The van der Waals surface area contributed by atoms with Crippen LogP contribution in [0.15, 0.2) is 0 Å². The molecule has 5 nitrogen and oxygen atoms in total. The molecule has 0 rings (SSSR count). The minimum absolute atomic E-state index is 0.0537. The molecule has 0 aliphatic carbocycles. The van der Waals surface area contributed by atoms with Gasteiger partial charge in [0.1, 0.15) is 11.8 Å². The molecule has 0 saturated heterocycles. The number of amides is 2. The van der Waals surface area contributed by atoms with Crippen molar-refractivity contribution in [3.05, 3.63) is 0 Å². The maximum absolute atomic E-state index is 11.3. The molecule has 0 heterocycles. The molecule has 0 aliphatic rings. The summed E-state index contributed by atoms with van der Waals surface area (Å²) < 4.78 is 0. The molecule has 1 atom stereocenters. The minimum atomic E-state index is -0.500. The van der Waals surface area contributed by atoms with Crippen LogP contribution in [0.3, 0.4) is 0 Å². The van der Waals surface area contributed by atoms with Crippen LogP contribution in [-0.4, -0.2) is 41.9 Å². The summed E-state index contributed by atoms with van der Waals surface area (Å²) in [5.41, 5.74) is 0. The minimum Gasteiger partial charge on any atom is -0.355 e. The van der Waals surface area contributed by atoms with Crippen LogP contribution >= 0.6 is 23.2 Å². The van der Waals surface area contributed by atoms with E-state index in [9.17, 15) is 14.4 Å². The average Bonchev–Trinajstić information content (AvgIpc) is 2.35. The number of Topliss-reactive ketones (excluding diaryl/α,β-unsaturated/α-hetero) is 1. The molecule has 7 heteroatoms. The van der Waals surface area contributed by atoms with Crippen molar-refractivity contribution in [2.75, 3.05) is 18.3 Å². The molecule has 18 heavy (non-hydrogen) atoms. The maximum atomic E-state index is 11.3. The van der Waals surface area contributed by atoms with Gasteiger partial charge >= 0.3 is 0 Å². The second-order valence-electron chi connectivity index (χ2n) is 3.84. The highest BCUT2D eigenvalue weighted by Crippen LogP contribution is 2.02. The number of alkyl halides is 2.